The second-order valence-electron chi connectivity index (χ2n) is 2.92. The van der Waals surface area contributed by atoms with Gasteiger partial charge in [-0.1, -0.05) is 0 Å². The van der Waals surface area contributed by atoms with Gasteiger partial charge in [0.2, 0.25) is 0 Å². The monoisotopic (exact) mass is 301 g/mol. The molecule has 1 atom stereocenters. The smallest absolute Gasteiger partial charge is 0.320 e. The van der Waals surface area contributed by atoms with Crippen molar-refractivity contribution in [3.63, 3.8) is 0 Å². The van der Waals surface area contributed by atoms with Gasteiger partial charge in [0.15, 0.2) is 0 Å². The summed E-state index contributed by atoms with van der Waals surface area (Å²) in [7, 11) is 0. The van der Waals surface area contributed by atoms with Gasteiger partial charge >= 0.3 is 11.9 Å². The second-order valence-corrected chi connectivity index (χ2v) is 2.92. The van der Waals surface area contributed by atoms with E-state index in [-0.39, 0.29) is 25.1 Å². The van der Waals surface area contributed by atoms with E-state index in [1.807, 2.05) is 0 Å². The van der Waals surface area contributed by atoms with Crippen molar-refractivity contribution in [3.8, 4) is 0 Å². The Labute approximate surface area is 115 Å². The highest BCUT2D eigenvalue weighted by molar-refractivity contribution is 5.74. The highest BCUT2D eigenvalue weighted by Gasteiger charge is 2.12. The molecule has 0 aromatic carbocycles. The van der Waals surface area contributed by atoms with Gasteiger partial charge in [-0.2, -0.15) is 0 Å². The molecule has 0 aliphatic carbocycles. The van der Waals surface area contributed by atoms with Crippen molar-refractivity contribution in [1.82, 2.24) is 12.3 Å². The molecule has 0 rings (SSSR count). The first-order chi connectivity index (χ1) is 8.00. The number of nitrogens with two attached hydrogens (primary N) is 1. The molecule has 122 valence electrons. The van der Waals surface area contributed by atoms with Gasteiger partial charge in [0.1, 0.15) is 6.04 Å². The maximum atomic E-state index is 9.99. The molecule has 0 aliphatic heterocycles. The van der Waals surface area contributed by atoms with Crippen molar-refractivity contribution in [3.05, 3.63) is 0 Å². The fourth-order valence-electron chi connectivity index (χ4n) is 0.402. The van der Waals surface area contributed by atoms with Gasteiger partial charge in [0.25, 0.3) is 11.9 Å². The Morgan fingerprint density at radius 1 is 0.900 bits per heavy atom. The molecule has 11 heteroatoms. The maximum Gasteiger partial charge on any atom is 0.320 e. The highest BCUT2D eigenvalue weighted by atomic mass is 16.4. The lowest BCUT2D eigenvalue weighted by Gasteiger charge is -2.01. The Morgan fingerprint density at radius 3 is 1.30 bits per heavy atom. The van der Waals surface area contributed by atoms with Crippen LogP contribution in [0.2, 0.25) is 0 Å². The number of carbonyl (C=O) groups is 4. The quantitative estimate of drug-likeness (QED) is 0.357. The van der Waals surface area contributed by atoms with Crippen molar-refractivity contribution < 1.29 is 39.6 Å². The fraction of sp³-hybridized carbons (Fsp3) is 0.556. The largest absolute Gasteiger partial charge is 0.481 e. The summed E-state index contributed by atoms with van der Waals surface area (Å²) in [6.07, 6.45) is -0.224. The zero-order chi connectivity index (χ0) is 15.3. The van der Waals surface area contributed by atoms with E-state index in [0.717, 1.165) is 13.8 Å². The average molecular weight is 301 g/mol. The highest BCUT2D eigenvalue weighted by Crippen LogP contribution is 1.93. The van der Waals surface area contributed by atoms with Crippen LogP contribution in [0.25, 0.3) is 0 Å². The molecule has 0 fully saturated rings. The Kier molecular flexibility index (Phi) is 29.3. The van der Waals surface area contributed by atoms with Crippen molar-refractivity contribution in [2.24, 2.45) is 5.73 Å². The van der Waals surface area contributed by atoms with Crippen molar-refractivity contribution in [1.29, 1.82) is 0 Å². The Bertz CT molecular complexity index is 275. The number of hydrogen-bond acceptors (Lipinski definition) is 7. The van der Waals surface area contributed by atoms with Crippen LogP contribution in [0.1, 0.15) is 26.7 Å². The number of rotatable bonds is 4. The second kappa shape index (κ2) is 19.1. The first-order valence-corrected chi connectivity index (χ1v) is 4.59. The molecule has 0 saturated heterocycles. The summed E-state index contributed by atoms with van der Waals surface area (Å²) in [4.78, 5) is 37.9. The zero-order valence-electron chi connectivity index (χ0n) is 11.4. The van der Waals surface area contributed by atoms with Crippen LogP contribution >= 0.6 is 0 Å². The van der Waals surface area contributed by atoms with Crippen LogP contribution in [-0.2, 0) is 19.2 Å². The topological polar surface area (TPSA) is 245 Å². The van der Waals surface area contributed by atoms with E-state index in [0.29, 0.717) is 0 Å². The molecule has 0 amide bonds. The molecule has 12 N–H and O–H groups in total. The van der Waals surface area contributed by atoms with Gasteiger partial charge in [-0.25, -0.2) is 0 Å². The lowest BCUT2D eigenvalue weighted by molar-refractivity contribution is -0.140. The number of carboxylic acid groups (broad SMARTS) is 4. The van der Waals surface area contributed by atoms with Gasteiger partial charge in [0.05, 0.1) is 0 Å². The molecule has 0 spiro atoms. The van der Waals surface area contributed by atoms with Crippen LogP contribution in [0.15, 0.2) is 0 Å². The molecule has 0 aromatic heterocycles. The standard InChI is InChI=1S/C5H9NO4.2C2H4O2.2H3N/c6-3(5(9)10)1-2-4(7)8;2*1-2(3)4;;/h3H,1-2,6H2,(H,7,8)(H,9,10);2*1H3,(H,3,4);2*1H3. The molecule has 0 heterocycles. The Morgan fingerprint density at radius 2 is 1.15 bits per heavy atom. The Balaban J connectivity index is -0.0000000637. The fourth-order valence-corrected chi connectivity index (χ4v) is 0.402. The number of hydrogen-bond donors (Lipinski definition) is 7. The van der Waals surface area contributed by atoms with E-state index < -0.39 is 29.9 Å². The first kappa shape index (κ1) is 30.6. The Hall–Kier alpha value is -2.24. The van der Waals surface area contributed by atoms with E-state index in [1.54, 1.807) is 0 Å². The molecular formula is C9H23N3O8. The van der Waals surface area contributed by atoms with Gasteiger partial charge < -0.3 is 38.5 Å². The van der Waals surface area contributed by atoms with Crippen LogP contribution in [-0.4, -0.2) is 50.3 Å². The summed E-state index contributed by atoms with van der Waals surface area (Å²) in [5, 5.41) is 31.1. The molecule has 0 radical (unpaired) electrons. The predicted octanol–water partition coefficient (Wildman–Crippen LogP) is -0.231. The van der Waals surface area contributed by atoms with Crippen LogP contribution in [0.4, 0.5) is 0 Å². The molecule has 20 heavy (non-hydrogen) atoms. The van der Waals surface area contributed by atoms with Gasteiger partial charge in [-0.3, -0.25) is 19.2 Å². The third kappa shape index (κ3) is 75.1. The van der Waals surface area contributed by atoms with Crippen LogP contribution in [0, 0.1) is 0 Å². The van der Waals surface area contributed by atoms with E-state index >= 15 is 0 Å². The molecule has 1 unspecified atom stereocenters. The molecular weight excluding hydrogens is 278 g/mol. The maximum absolute atomic E-state index is 9.99. The molecule has 11 nitrogen and oxygen atoms in total. The van der Waals surface area contributed by atoms with E-state index in [2.05, 4.69) is 0 Å². The van der Waals surface area contributed by atoms with E-state index in [4.69, 9.17) is 35.7 Å². The summed E-state index contributed by atoms with van der Waals surface area (Å²) in [6.45, 7) is 2.17. The van der Waals surface area contributed by atoms with Crippen LogP contribution in [0.5, 0.6) is 0 Å². The first-order valence-electron chi connectivity index (χ1n) is 4.59. The third-order valence-corrected chi connectivity index (χ3v) is 0.986. The lowest BCUT2D eigenvalue weighted by atomic mass is 10.2. The molecule has 0 aliphatic rings. The summed E-state index contributed by atoms with van der Waals surface area (Å²) >= 11 is 0. The summed E-state index contributed by atoms with van der Waals surface area (Å²) in [5.41, 5.74) is 5.00. The van der Waals surface area contributed by atoms with Crippen LogP contribution in [0.3, 0.4) is 0 Å². The van der Waals surface area contributed by atoms with Crippen LogP contribution < -0.4 is 18.0 Å². The number of aliphatic carboxylic acids is 4. The predicted molar refractivity (Wildman–Crippen MR) is 69.1 cm³/mol. The molecule has 0 bridgehead atoms. The lowest BCUT2D eigenvalue weighted by Crippen LogP contribution is -2.30. The average Bonchev–Trinajstić information content (AvgIpc) is 2.11. The molecule has 0 saturated carbocycles. The van der Waals surface area contributed by atoms with E-state index in [9.17, 15) is 9.59 Å². The number of carboxylic acids is 4. The normalized spacial score (nSPS) is 8.75. The van der Waals surface area contributed by atoms with E-state index in [1.165, 1.54) is 0 Å². The third-order valence-electron chi connectivity index (χ3n) is 0.986. The summed E-state index contributed by atoms with van der Waals surface area (Å²) in [6, 6.07) is -1.06. The minimum absolute atomic E-state index is 0. The van der Waals surface area contributed by atoms with Crippen molar-refractivity contribution >= 4 is 23.9 Å². The van der Waals surface area contributed by atoms with Crippen molar-refractivity contribution in [2.45, 2.75) is 32.7 Å². The van der Waals surface area contributed by atoms with Gasteiger partial charge in [0, 0.05) is 20.3 Å². The van der Waals surface area contributed by atoms with Gasteiger partial charge in [-0.15, -0.1) is 0 Å². The minimum atomic E-state index is -1.17. The minimum Gasteiger partial charge on any atom is -0.481 e. The summed E-state index contributed by atoms with van der Waals surface area (Å²) < 4.78 is 0. The van der Waals surface area contributed by atoms with Gasteiger partial charge in [-0.05, 0) is 6.42 Å². The molecule has 0 aromatic rings. The SMILES string of the molecule is CC(=O)O.CC(=O)O.N.N.NC(CCC(=O)O)C(=O)O. The summed E-state index contributed by atoms with van der Waals surface area (Å²) in [5.74, 6) is -3.86. The van der Waals surface area contributed by atoms with Crippen molar-refractivity contribution in [2.75, 3.05) is 0 Å². The zero-order valence-corrected chi connectivity index (χ0v) is 11.4.